The third-order valence-corrected chi connectivity index (χ3v) is 6.43. The van der Waals surface area contributed by atoms with Crippen molar-refractivity contribution in [1.29, 1.82) is 0 Å². The standard InChI is InChI=1S/C26H27F2N7O2/c1-15(36)30-17-4-8-19(9-5-17)35-24-23(33-26(35)32-22-12-3-16(27)13-21(22)28)14-29-25(34-24)31-18-6-10-20(37-2)11-7-18/h3,6-7,10-14,17,19H,4-5,8-9H2,1-2H3,(H,30,36)(H,32,33)(H,29,31,34)/t17-,19-. The molecule has 0 radical (unpaired) electrons. The average Bonchev–Trinajstić information content (AvgIpc) is 3.23. The molecule has 1 aliphatic carbocycles. The average molecular weight is 508 g/mol. The van der Waals surface area contributed by atoms with Gasteiger partial charge in [0, 0.05) is 30.8 Å². The monoisotopic (exact) mass is 507 g/mol. The molecular formula is C26H27F2N7O2. The van der Waals surface area contributed by atoms with Crippen molar-refractivity contribution < 1.29 is 18.3 Å². The van der Waals surface area contributed by atoms with Crippen LogP contribution in [0.2, 0.25) is 0 Å². The number of halogens is 2. The summed E-state index contributed by atoms with van der Waals surface area (Å²) in [4.78, 5) is 25.3. The SMILES string of the molecule is COc1ccc(Nc2ncc3nc(Nc4ccc(F)cc4F)n([C@H]4CC[C@H](NC(C)=O)CC4)c3n2)cc1. The van der Waals surface area contributed by atoms with Gasteiger partial charge in [0.15, 0.2) is 5.65 Å². The van der Waals surface area contributed by atoms with Crippen LogP contribution in [0.25, 0.3) is 11.2 Å². The number of hydrogen-bond donors (Lipinski definition) is 3. The maximum absolute atomic E-state index is 14.5. The number of hydrogen-bond acceptors (Lipinski definition) is 7. The Bertz CT molecular complexity index is 1420. The van der Waals surface area contributed by atoms with Crippen molar-refractivity contribution >= 4 is 40.3 Å². The Morgan fingerprint density at radius 1 is 1.03 bits per heavy atom. The van der Waals surface area contributed by atoms with Gasteiger partial charge in [-0.1, -0.05) is 0 Å². The highest BCUT2D eigenvalue weighted by molar-refractivity contribution is 5.77. The third-order valence-electron chi connectivity index (χ3n) is 6.43. The van der Waals surface area contributed by atoms with Crippen LogP contribution in [0.15, 0.2) is 48.7 Å². The number of rotatable bonds is 7. The Morgan fingerprint density at radius 2 is 1.78 bits per heavy atom. The molecule has 0 atom stereocenters. The number of carbonyl (C=O) groups is 1. The van der Waals surface area contributed by atoms with Crippen LogP contribution >= 0.6 is 0 Å². The quantitative estimate of drug-likeness (QED) is 0.315. The van der Waals surface area contributed by atoms with E-state index in [1.807, 2.05) is 28.8 Å². The van der Waals surface area contributed by atoms with Crippen molar-refractivity contribution in [2.75, 3.05) is 17.7 Å². The minimum absolute atomic E-state index is 0.00440. The molecule has 11 heteroatoms. The number of amides is 1. The Balaban J connectivity index is 1.49. The maximum atomic E-state index is 14.5. The fraction of sp³-hybridized carbons (Fsp3) is 0.308. The molecule has 0 bridgehead atoms. The van der Waals surface area contributed by atoms with E-state index in [1.165, 1.54) is 19.1 Å². The molecule has 2 aromatic carbocycles. The molecule has 0 unspecified atom stereocenters. The van der Waals surface area contributed by atoms with E-state index >= 15 is 0 Å². The summed E-state index contributed by atoms with van der Waals surface area (Å²) in [5.74, 6) is 0.0739. The van der Waals surface area contributed by atoms with Gasteiger partial charge in [-0.25, -0.2) is 18.7 Å². The van der Waals surface area contributed by atoms with Crippen molar-refractivity contribution in [3.05, 3.63) is 60.3 Å². The van der Waals surface area contributed by atoms with Crippen LogP contribution in [-0.4, -0.2) is 38.6 Å². The lowest BCUT2D eigenvalue weighted by molar-refractivity contribution is -0.119. The van der Waals surface area contributed by atoms with Gasteiger partial charge in [0.25, 0.3) is 0 Å². The van der Waals surface area contributed by atoms with Crippen molar-refractivity contribution in [2.24, 2.45) is 0 Å². The van der Waals surface area contributed by atoms with Gasteiger partial charge in [0.2, 0.25) is 17.8 Å². The van der Waals surface area contributed by atoms with Crippen LogP contribution in [0.5, 0.6) is 5.75 Å². The van der Waals surface area contributed by atoms with E-state index in [9.17, 15) is 13.6 Å². The lowest BCUT2D eigenvalue weighted by atomic mass is 9.91. The fourth-order valence-corrected chi connectivity index (χ4v) is 4.67. The van der Waals surface area contributed by atoms with E-state index in [2.05, 4.69) is 25.9 Å². The molecule has 192 valence electrons. The topological polar surface area (TPSA) is 106 Å². The third kappa shape index (κ3) is 5.45. The zero-order valence-corrected chi connectivity index (χ0v) is 20.5. The van der Waals surface area contributed by atoms with Crippen LogP contribution < -0.4 is 20.7 Å². The van der Waals surface area contributed by atoms with Crippen molar-refractivity contribution in [3.63, 3.8) is 0 Å². The number of ether oxygens (including phenoxy) is 1. The molecule has 37 heavy (non-hydrogen) atoms. The van der Waals surface area contributed by atoms with Gasteiger partial charge in [-0.3, -0.25) is 9.36 Å². The lowest BCUT2D eigenvalue weighted by Crippen LogP contribution is -2.36. The van der Waals surface area contributed by atoms with Gasteiger partial charge in [0.1, 0.15) is 22.9 Å². The number of aromatic nitrogens is 4. The van der Waals surface area contributed by atoms with Crippen LogP contribution in [0.1, 0.15) is 38.6 Å². The van der Waals surface area contributed by atoms with Crippen LogP contribution in [0.4, 0.5) is 32.1 Å². The van der Waals surface area contributed by atoms with Gasteiger partial charge in [-0.05, 0) is 62.1 Å². The maximum Gasteiger partial charge on any atom is 0.229 e. The van der Waals surface area contributed by atoms with Crippen LogP contribution in [-0.2, 0) is 4.79 Å². The summed E-state index contributed by atoms with van der Waals surface area (Å²) in [6, 6.07) is 10.8. The number of benzene rings is 2. The zero-order chi connectivity index (χ0) is 25.9. The number of imidazole rings is 1. The highest BCUT2D eigenvalue weighted by atomic mass is 19.1. The Hall–Kier alpha value is -4.28. The highest BCUT2D eigenvalue weighted by Gasteiger charge is 2.27. The van der Waals surface area contributed by atoms with Crippen LogP contribution in [0.3, 0.4) is 0 Å². The molecule has 0 spiro atoms. The lowest BCUT2D eigenvalue weighted by Gasteiger charge is -2.30. The summed E-state index contributed by atoms with van der Waals surface area (Å²) in [6.45, 7) is 1.52. The van der Waals surface area contributed by atoms with Crippen molar-refractivity contribution in [2.45, 2.75) is 44.7 Å². The normalized spacial score (nSPS) is 17.4. The predicted molar refractivity (Wildman–Crippen MR) is 136 cm³/mol. The van der Waals surface area contributed by atoms with Gasteiger partial charge < -0.3 is 20.7 Å². The minimum atomic E-state index is -0.721. The highest BCUT2D eigenvalue weighted by Crippen LogP contribution is 2.35. The number of fused-ring (bicyclic) bond motifs is 1. The summed E-state index contributed by atoms with van der Waals surface area (Å²) in [5.41, 5.74) is 2.01. The molecular weight excluding hydrogens is 480 g/mol. The molecule has 1 aliphatic rings. The first-order valence-corrected chi connectivity index (χ1v) is 12.0. The first-order valence-electron chi connectivity index (χ1n) is 12.0. The molecule has 4 aromatic rings. The molecule has 9 nitrogen and oxygen atoms in total. The molecule has 0 saturated heterocycles. The Morgan fingerprint density at radius 3 is 2.46 bits per heavy atom. The second-order valence-electron chi connectivity index (χ2n) is 9.02. The summed E-state index contributed by atoms with van der Waals surface area (Å²) >= 11 is 0. The second kappa shape index (κ2) is 10.4. The number of anilines is 4. The van der Waals surface area contributed by atoms with E-state index in [1.54, 1.807) is 13.3 Å². The Kier molecular flexibility index (Phi) is 6.85. The van der Waals surface area contributed by atoms with Crippen molar-refractivity contribution in [1.82, 2.24) is 24.8 Å². The summed E-state index contributed by atoms with van der Waals surface area (Å²) in [6.07, 6.45) is 4.72. The molecule has 0 aliphatic heterocycles. The number of nitrogens with zero attached hydrogens (tertiary/aromatic N) is 4. The molecule has 1 saturated carbocycles. The first kappa shape index (κ1) is 24.4. The molecule has 3 N–H and O–H groups in total. The van der Waals surface area contributed by atoms with Crippen molar-refractivity contribution in [3.8, 4) is 5.75 Å². The van der Waals surface area contributed by atoms with E-state index < -0.39 is 11.6 Å². The van der Waals surface area contributed by atoms with E-state index in [-0.39, 0.29) is 23.7 Å². The van der Waals surface area contributed by atoms with Crippen LogP contribution in [0, 0.1) is 11.6 Å². The molecule has 2 heterocycles. The summed E-state index contributed by atoms with van der Waals surface area (Å²) < 4.78 is 35.1. The summed E-state index contributed by atoms with van der Waals surface area (Å²) in [7, 11) is 1.60. The number of methoxy groups -OCH3 is 1. The molecule has 2 aromatic heterocycles. The smallest absolute Gasteiger partial charge is 0.229 e. The van der Waals surface area contributed by atoms with Gasteiger partial charge in [-0.15, -0.1) is 0 Å². The second-order valence-corrected chi connectivity index (χ2v) is 9.02. The van der Waals surface area contributed by atoms with E-state index in [0.717, 1.165) is 43.2 Å². The first-order chi connectivity index (χ1) is 17.9. The van der Waals surface area contributed by atoms with Gasteiger partial charge in [0.05, 0.1) is 19.0 Å². The molecule has 1 amide bonds. The molecule has 5 rings (SSSR count). The van der Waals surface area contributed by atoms with E-state index in [0.29, 0.717) is 23.1 Å². The number of nitrogens with one attached hydrogen (secondary N) is 3. The van der Waals surface area contributed by atoms with Gasteiger partial charge in [-0.2, -0.15) is 4.98 Å². The largest absolute Gasteiger partial charge is 0.497 e. The zero-order valence-electron chi connectivity index (χ0n) is 20.5. The Labute approximate surface area is 212 Å². The predicted octanol–water partition coefficient (Wildman–Crippen LogP) is 5.22. The minimum Gasteiger partial charge on any atom is -0.497 e. The summed E-state index contributed by atoms with van der Waals surface area (Å²) in [5, 5.41) is 9.20. The number of carbonyl (C=O) groups excluding carboxylic acids is 1. The van der Waals surface area contributed by atoms with Gasteiger partial charge >= 0.3 is 0 Å². The fourth-order valence-electron chi connectivity index (χ4n) is 4.67. The molecule has 1 fully saturated rings. The van der Waals surface area contributed by atoms with E-state index in [4.69, 9.17) is 9.72 Å².